The summed E-state index contributed by atoms with van der Waals surface area (Å²) in [5.74, 6) is -0.586. The quantitative estimate of drug-likeness (QED) is 0.577. The van der Waals surface area contributed by atoms with Gasteiger partial charge in [0.1, 0.15) is 0 Å². The van der Waals surface area contributed by atoms with Gasteiger partial charge in [0.25, 0.3) is 0 Å². The molecule has 2 unspecified atom stereocenters. The highest BCUT2D eigenvalue weighted by molar-refractivity contribution is 5.86. The molecule has 13 heavy (non-hydrogen) atoms. The Labute approximate surface area is 75.4 Å². The first-order valence-corrected chi connectivity index (χ1v) is 4.07. The Balaban J connectivity index is 3.07. The predicted octanol–water partition coefficient (Wildman–Crippen LogP) is 2.26. The molecule has 5 heteroatoms. The Morgan fingerprint density at radius 3 is 2.08 bits per heavy atom. The SMILES string of the molecule is CC1=NN(C)C(C)(C(F)(F)F)C1C. The monoisotopic (exact) mass is 194 g/mol. The van der Waals surface area contributed by atoms with Crippen LogP contribution in [0.5, 0.6) is 0 Å². The molecule has 0 aromatic heterocycles. The van der Waals surface area contributed by atoms with Gasteiger partial charge in [0.05, 0.1) is 0 Å². The Kier molecular flexibility index (Phi) is 2.09. The minimum atomic E-state index is -4.25. The van der Waals surface area contributed by atoms with Crippen molar-refractivity contribution < 1.29 is 13.2 Å². The molecule has 0 fully saturated rings. The minimum absolute atomic E-state index is 0.530. The van der Waals surface area contributed by atoms with Gasteiger partial charge in [-0.25, -0.2) is 0 Å². The lowest BCUT2D eigenvalue weighted by atomic mass is 9.84. The van der Waals surface area contributed by atoms with Crippen LogP contribution in [-0.2, 0) is 0 Å². The van der Waals surface area contributed by atoms with Gasteiger partial charge >= 0.3 is 6.18 Å². The summed E-state index contributed by atoms with van der Waals surface area (Å²) in [7, 11) is 1.36. The van der Waals surface area contributed by atoms with E-state index in [1.54, 1.807) is 13.8 Å². The van der Waals surface area contributed by atoms with Crippen LogP contribution in [0.4, 0.5) is 13.2 Å². The van der Waals surface area contributed by atoms with Gasteiger partial charge in [-0.05, 0) is 13.8 Å². The lowest BCUT2D eigenvalue weighted by molar-refractivity contribution is -0.226. The fourth-order valence-corrected chi connectivity index (χ4v) is 1.54. The third-order valence-electron chi connectivity index (χ3n) is 3.02. The zero-order valence-corrected chi connectivity index (χ0v) is 8.11. The third kappa shape index (κ3) is 1.21. The molecule has 76 valence electrons. The first kappa shape index (κ1) is 10.3. The van der Waals surface area contributed by atoms with Gasteiger partial charge < -0.3 is 0 Å². The highest BCUT2D eigenvalue weighted by Gasteiger charge is 2.60. The number of nitrogens with zero attached hydrogens (tertiary/aromatic N) is 2. The molecule has 1 rings (SSSR count). The fraction of sp³-hybridized carbons (Fsp3) is 0.875. The summed E-state index contributed by atoms with van der Waals surface area (Å²) in [6.45, 7) is 4.35. The minimum Gasteiger partial charge on any atom is -0.284 e. The van der Waals surface area contributed by atoms with E-state index < -0.39 is 17.6 Å². The highest BCUT2D eigenvalue weighted by Crippen LogP contribution is 2.44. The Hall–Kier alpha value is -0.740. The van der Waals surface area contributed by atoms with Crippen LogP contribution >= 0.6 is 0 Å². The number of hydrazone groups is 1. The van der Waals surface area contributed by atoms with Crippen LogP contribution in [0.25, 0.3) is 0 Å². The largest absolute Gasteiger partial charge is 0.413 e. The summed E-state index contributed by atoms with van der Waals surface area (Å²) >= 11 is 0. The molecule has 0 bridgehead atoms. The number of alkyl halides is 3. The Bertz CT molecular complexity index is 246. The summed E-state index contributed by atoms with van der Waals surface area (Å²) in [5, 5.41) is 4.83. The number of rotatable bonds is 0. The molecule has 0 spiro atoms. The first-order chi connectivity index (χ1) is 5.71. The molecule has 2 atom stereocenters. The molecule has 0 radical (unpaired) electrons. The van der Waals surface area contributed by atoms with Crippen molar-refractivity contribution in [1.29, 1.82) is 0 Å². The van der Waals surface area contributed by atoms with Gasteiger partial charge in [0, 0.05) is 18.7 Å². The van der Waals surface area contributed by atoms with Crippen LogP contribution < -0.4 is 0 Å². The Morgan fingerprint density at radius 1 is 1.46 bits per heavy atom. The van der Waals surface area contributed by atoms with Gasteiger partial charge in [0.2, 0.25) is 0 Å². The fourth-order valence-electron chi connectivity index (χ4n) is 1.54. The highest BCUT2D eigenvalue weighted by atomic mass is 19.4. The molecular weight excluding hydrogens is 181 g/mol. The van der Waals surface area contributed by atoms with Crippen molar-refractivity contribution in [3.8, 4) is 0 Å². The van der Waals surface area contributed by atoms with E-state index in [9.17, 15) is 13.2 Å². The molecule has 1 heterocycles. The number of hydrogen-bond acceptors (Lipinski definition) is 2. The number of halogens is 3. The molecule has 1 aliphatic heterocycles. The first-order valence-electron chi connectivity index (χ1n) is 4.07. The van der Waals surface area contributed by atoms with Crippen molar-refractivity contribution in [2.45, 2.75) is 32.5 Å². The maximum absolute atomic E-state index is 12.7. The second-order valence-corrected chi connectivity index (χ2v) is 3.63. The van der Waals surface area contributed by atoms with Crippen molar-refractivity contribution in [2.75, 3.05) is 7.05 Å². The van der Waals surface area contributed by atoms with E-state index in [2.05, 4.69) is 5.10 Å². The molecule has 0 amide bonds. The van der Waals surface area contributed by atoms with Gasteiger partial charge in [-0.1, -0.05) is 6.92 Å². The molecule has 0 aromatic carbocycles. The molecule has 2 nitrogen and oxygen atoms in total. The zero-order chi connectivity index (χ0) is 10.4. The molecule has 0 N–H and O–H groups in total. The molecule has 0 aliphatic carbocycles. The van der Waals surface area contributed by atoms with Gasteiger partial charge in [-0.15, -0.1) is 0 Å². The average molecular weight is 194 g/mol. The topological polar surface area (TPSA) is 15.6 Å². The normalized spacial score (nSPS) is 35.2. The van der Waals surface area contributed by atoms with Crippen molar-refractivity contribution >= 4 is 5.71 Å². The van der Waals surface area contributed by atoms with E-state index >= 15 is 0 Å². The maximum Gasteiger partial charge on any atom is 0.413 e. The van der Waals surface area contributed by atoms with Crippen molar-refractivity contribution in [3.05, 3.63) is 0 Å². The molecule has 0 aromatic rings. The maximum atomic E-state index is 12.7. The molecule has 1 aliphatic rings. The van der Waals surface area contributed by atoms with E-state index in [1.165, 1.54) is 14.0 Å². The van der Waals surface area contributed by atoms with Crippen LogP contribution in [0.2, 0.25) is 0 Å². The molecule has 0 saturated heterocycles. The summed E-state index contributed by atoms with van der Waals surface area (Å²) in [4.78, 5) is 0. The number of hydrogen-bond donors (Lipinski definition) is 0. The Morgan fingerprint density at radius 2 is 1.92 bits per heavy atom. The smallest absolute Gasteiger partial charge is 0.284 e. The van der Waals surface area contributed by atoms with Gasteiger partial charge in [-0.3, -0.25) is 5.01 Å². The van der Waals surface area contributed by atoms with Crippen molar-refractivity contribution in [1.82, 2.24) is 5.01 Å². The van der Waals surface area contributed by atoms with Gasteiger partial charge in [0.15, 0.2) is 5.54 Å². The summed E-state index contributed by atoms with van der Waals surface area (Å²) in [6, 6.07) is 0. The van der Waals surface area contributed by atoms with E-state index in [0.29, 0.717) is 5.71 Å². The average Bonchev–Trinajstić information content (AvgIpc) is 2.14. The van der Waals surface area contributed by atoms with Crippen LogP contribution in [-0.4, -0.2) is 29.5 Å². The molecule has 0 saturated carbocycles. The standard InChI is InChI=1S/C8H13F3N2/c1-5-6(2)12-13(4)7(5,3)8(9,10)11/h5H,1-4H3. The lowest BCUT2D eigenvalue weighted by Gasteiger charge is -2.37. The second kappa shape index (κ2) is 2.62. The lowest BCUT2D eigenvalue weighted by Crippen LogP contribution is -2.55. The van der Waals surface area contributed by atoms with E-state index in [-0.39, 0.29) is 0 Å². The second-order valence-electron chi connectivity index (χ2n) is 3.63. The molecular formula is C8H13F3N2. The van der Waals surface area contributed by atoms with E-state index in [0.717, 1.165) is 5.01 Å². The van der Waals surface area contributed by atoms with E-state index in [1.807, 2.05) is 0 Å². The van der Waals surface area contributed by atoms with Crippen molar-refractivity contribution in [2.24, 2.45) is 11.0 Å². The van der Waals surface area contributed by atoms with Crippen LogP contribution in [0, 0.1) is 5.92 Å². The van der Waals surface area contributed by atoms with Crippen molar-refractivity contribution in [3.63, 3.8) is 0 Å². The van der Waals surface area contributed by atoms with Crippen LogP contribution in [0.1, 0.15) is 20.8 Å². The zero-order valence-electron chi connectivity index (χ0n) is 8.11. The van der Waals surface area contributed by atoms with Gasteiger partial charge in [-0.2, -0.15) is 18.3 Å². The predicted molar refractivity (Wildman–Crippen MR) is 44.5 cm³/mol. The van der Waals surface area contributed by atoms with Crippen LogP contribution in [0.15, 0.2) is 5.10 Å². The van der Waals surface area contributed by atoms with Crippen LogP contribution in [0.3, 0.4) is 0 Å². The summed E-state index contributed by atoms with van der Waals surface area (Å²) < 4.78 is 38.1. The third-order valence-corrected chi connectivity index (χ3v) is 3.02. The summed E-state index contributed by atoms with van der Waals surface area (Å²) in [5.41, 5.74) is -1.32. The summed E-state index contributed by atoms with van der Waals surface area (Å²) in [6.07, 6.45) is -4.25. The van der Waals surface area contributed by atoms with E-state index in [4.69, 9.17) is 0 Å².